The zero-order valence-corrected chi connectivity index (χ0v) is 12.5. The number of H-pyrrole nitrogens is 1. The minimum atomic E-state index is -0.252. The van der Waals surface area contributed by atoms with E-state index >= 15 is 0 Å². The van der Waals surface area contributed by atoms with Gasteiger partial charge in [-0.05, 0) is 18.9 Å². The molecule has 0 amide bonds. The zero-order chi connectivity index (χ0) is 15.1. The van der Waals surface area contributed by atoms with Gasteiger partial charge in [-0.2, -0.15) is 5.10 Å². The molecule has 2 N–H and O–H groups in total. The fourth-order valence-corrected chi connectivity index (χ4v) is 3.26. The molecule has 1 fully saturated rings. The maximum Gasteiger partial charge on any atom is 0.139 e. The van der Waals surface area contributed by atoms with Crippen LogP contribution in [0.4, 0.5) is 5.69 Å². The van der Waals surface area contributed by atoms with Gasteiger partial charge in [-0.3, -0.25) is 4.68 Å². The quantitative estimate of drug-likeness (QED) is 0.758. The van der Waals surface area contributed by atoms with Crippen molar-refractivity contribution in [3.8, 4) is 11.1 Å². The molecule has 6 nitrogen and oxygen atoms in total. The van der Waals surface area contributed by atoms with Gasteiger partial charge < -0.3 is 15.0 Å². The summed E-state index contributed by atoms with van der Waals surface area (Å²) in [6.45, 7) is 1.64. The van der Waals surface area contributed by atoms with Gasteiger partial charge in [0.2, 0.25) is 0 Å². The van der Waals surface area contributed by atoms with E-state index in [-0.39, 0.29) is 6.10 Å². The second-order valence-corrected chi connectivity index (χ2v) is 5.90. The molecule has 3 aromatic heterocycles. The Labute approximate surface area is 128 Å². The number of aliphatic hydroxyl groups excluding tert-OH is 1. The fourth-order valence-electron chi connectivity index (χ4n) is 3.26. The van der Waals surface area contributed by atoms with Crippen LogP contribution in [0.3, 0.4) is 0 Å². The van der Waals surface area contributed by atoms with Crippen molar-refractivity contribution in [3.05, 3.63) is 30.9 Å². The Balaban J connectivity index is 1.86. The summed E-state index contributed by atoms with van der Waals surface area (Å²) in [5.74, 6) is 0. The Kier molecular flexibility index (Phi) is 3.11. The number of aromatic amines is 1. The Morgan fingerprint density at radius 1 is 1.41 bits per heavy atom. The van der Waals surface area contributed by atoms with Crippen molar-refractivity contribution in [2.75, 3.05) is 18.0 Å². The molecular formula is C16H19N5O. The molecule has 1 aliphatic heterocycles. The maximum atomic E-state index is 9.97. The highest BCUT2D eigenvalue weighted by atomic mass is 16.3. The lowest BCUT2D eigenvalue weighted by Gasteiger charge is -2.32. The number of aromatic nitrogens is 4. The molecule has 4 heterocycles. The van der Waals surface area contributed by atoms with E-state index < -0.39 is 0 Å². The Morgan fingerprint density at radius 2 is 2.32 bits per heavy atom. The Morgan fingerprint density at radius 3 is 3.09 bits per heavy atom. The topological polar surface area (TPSA) is 70.0 Å². The summed E-state index contributed by atoms with van der Waals surface area (Å²) in [5.41, 5.74) is 4.17. The molecule has 0 radical (unpaired) electrons. The van der Waals surface area contributed by atoms with Gasteiger partial charge in [0.05, 0.1) is 23.4 Å². The maximum absolute atomic E-state index is 9.97. The van der Waals surface area contributed by atoms with Gasteiger partial charge in [0.15, 0.2) is 0 Å². The average Bonchev–Trinajstić information content (AvgIpc) is 3.12. The molecule has 0 bridgehead atoms. The molecule has 0 aromatic carbocycles. The molecule has 1 atom stereocenters. The standard InChI is InChI=1S/C16H19N5O/c1-20-9-11(7-19-20)13-8-18-16-15(13)14(4-5-17-16)21-6-2-3-12(22)10-21/h4-5,7-9,12,22H,2-3,6,10H2,1H3,(H,17,18). The third-order valence-electron chi connectivity index (χ3n) is 4.30. The van der Waals surface area contributed by atoms with Gasteiger partial charge in [0.1, 0.15) is 5.65 Å². The van der Waals surface area contributed by atoms with Crippen LogP contribution >= 0.6 is 0 Å². The molecule has 0 aliphatic carbocycles. The van der Waals surface area contributed by atoms with Crippen LogP contribution in [0, 0.1) is 0 Å². The van der Waals surface area contributed by atoms with Crippen molar-refractivity contribution in [2.24, 2.45) is 7.05 Å². The van der Waals surface area contributed by atoms with Gasteiger partial charge in [0.25, 0.3) is 0 Å². The molecule has 1 saturated heterocycles. The number of fused-ring (bicyclic) bond motifs is 1. The molecule has 0 saturated carbocycles. The summed E-state index contributed by atoms with van der Waals surface area (Å²) in [6, 6.07) is 2.04. The van der Waals surface area contributed by atoms with Crippen LogP contribution < -0.4 is 4.90 Å². The first-order valence-electron chi connectivity index (χ1n) is 7.60. The molecule has 0 spiro atoms. The second-order valence-electron chi connectivity index (χ2n) is 5.90. The minimum Gasteiger partial charge on any atom is -0.391 e. The third-order valence-corrected chi connectivity index (χ3v) is 4.30. The highest BCUT2D eigenvalue weighted by molar-refractivity contribution is 6.02. The van der Waals surface area contributed by atoms with Gasteiger partial charge >= 0.3 is 0 Å². The van der Waals surface area contributed by atoms with Crippen LogP contribution in [0.15, 0.2) is 30.9 Å². The van der Waals surface area contributed by atoms with Crippen molar-refractivity contribution in [2.45, 2.75) is 18.9 Å². The van der Waals surface area contributed by atoms with Crippen molar-refractivity contribution in [3.63, 3.8) is 0 Å². The number of pyridine rings is 1. The van der Waals surface area contributed by atoms with E-state index in [0.717, 1.165) is 47.2 Å². The molecule has 6 heteroatoms. The van der Waals surface area contributed by atoms with Gasteiger partial charge in [-0.1, -0.05) is 0 Å². The summed E-state index contributed by atoms with van der Waals surface area (Å²) in [6.07, 6.45) is 9.32. The number of nitrogens with zero attached hydrogens (tertiary/aromatic N) is 4. The predicted octanol–water partition coefficient (Wildman–Crippen LogP) is 1.92. The van der Waals surface area contributed by atoms with Gasteiger partial charge in [-0.25, -0.2) is 4.98 Å². The van der Waals surface area contributed by atoms with Gasteiger partial charge in [-0.15, -0.1) is 0 Å². The van der Waals surface area contributed by atoms with Crippen molar-refractivity contribution in [1.29, 1.82) is 0 Å². The number of β-amino-alcohol motifs (C(OH)–C–C–N with tert-alkyl or cyclic N) is 1. The molecule has 114 valence electrons. The van der Waals surface area contributed by atoms with E-state index in [9.17, 15) is 5.11 Å². The highest BCUT2D eigenvalue weighted by Gasteiger charge is 2.22. The van der Waals surface area contributed by atoms with Crippen LogP contribution in [-0.2, 0) is 7.05 Å². The molecule has 1 aliphatic rings. The SMILES string of the molecule is Cn1cc(-c2c[nH]c3nccc(N4CCCC(O)C4)c23)cn1. The summed E-state index contributed by atoms with van der Waals surface area (Å²) < 4.78 is 1.80. The first-order valence-corrected chi connectivity index (χ1v) is 7.60. The van der Waals surface area contributed by atoms with Crippen molar-refractivity contribution >= 4 is 16.7 Å². The van der Waals surface area contributed by atoms with Crippen LogP contribution in [0.5, 0.6) is 0 Å². The number of rotatable bonds is 2. The lowest BCUT2D eigenvalue weighted by molar-refractivity contribution is 0.154. The molecule has 1 unspecified atom stereocenters. The zero-order valence-electron chi connectivity index (χ0n) is 12.5. The van der Waals surface area contributed by atoms with E-state index in [1.165, 1.54) is 0 Å². The van der Waals surface area contributed by atoms with Crippen LogP contribution in [0.2, 0.25) is 0 Å². The monoisotopic (exact) mass is 297 g/mol. The molecule has 4 rings (SSSR count). The van der Waals surface area contributed by atoms with Crippen LogP contribution in [-0.4, -0.2) is 44.0 Å². The summed E-state index contributed by atoms with van der Waals surface area (Å²) >= 11 is 0. The normalized spacial score (nSPS) is 19.0. The van der Waals surface area contributed by atoms with E-state index in [2.05, 4.69) is 20.0 Å². The Hall–Kier alpha value is -2.34. The predicted molar refractivity (Wildman–Crippen MR) is 85.7 cm³/mol. The molecular weight excluding hydrogens is 278 g/mol. The summed E-state index contributed by atoms with van der Waals surface area (Å²) in [5, 5.41) is 15.3. The largest absolute Gasteiger partial charge is 0.391 e. The number of hydrogen-bond acceptors (Lipinski definition) is 4. The fraction of sp³-hybridized carbons (Fsp3) is 0.375. The van der Waals surface area contributed by atoms with E-state index in [4.69, 9.17) is 0 Å². The first-order chi connectivity index (χ1) is 10.7. The number of nitrogens with one attached hydrogen (secondary N) is 1. The number of anilines is 1. The first kappa shape index (κ1) is 13.3. The highest BCUT2D eigenvalue weighted by Crippen LogP contribution is 2.35. The smallest absolute Gasteiger partial charge is 0.139 e. The van der Waals surface area contributed by atoms with E-state index in [0.29, 0.717) is 6.54 Å². The third kappa shape index (κ3) is 2.16. The summed E-state index contributed by atoms with van der Waals surface area (Å²) in [7, 11) is 1.92. The average molecular weight is 297 g/mol. The van der Waals surface area contributed by atoms with E-state index in [1.54, 1.807) is 4.68 Å². The van der Waals surface area contributed by atoms with Crippen molar-refractivity contribution in [1.82, 2.24) is 19.7 Å². The van der Waals surface area contributed by atoms with Gasteiger partial charge in [0, 0.05) is 49.9 Å². The number of piperidine rings is 1. The number of aliphatic hydroxyl groups is 1. The Bertz CT molecular complexity index is 806. The minimum absolute atomic E-state index is 0.252. The molecule has 22 heavy (non-hydrogen) atoms. The number of hydrogen-bond donors (Lipinski definition) is 2. The lowest BCUT2D eigenvalue weighted by Crippen LogP contribution is -2.38. The summed E-state index contributed by atoms with van der Waals surface area (Å²) in [4.78, 5) is 9.94. The van der Waals surface area contributed by atoms with Crippen LogP contribution in [0.1, 0.15) is 12.8 Å². The molecule has 3 aromatic rings. The number of aryl methyl sites for hydroxylation is 1. The second kappa shape index (κ2) is 5.14. The van der Waals surface area contributed by atoms with Crippen LogP contribution in [0.25, 0.3) is 22.2 Å². The van der Waals surface area contributed by atoms with Crippen molar-refractivity contribution < 1.29 is 5.11 Å². The van der Waals surface area contributed by atoms with E-state index in [1.807, 2.05) is 37.9 Å². The lowest BCUT2D eigenvalue weighted by atomic mass is 10.0.